The van der Waals surface area contributed by atoms with Crippen molar-refractivity contribution in [1.29, 1.82) is 0 Å². The third-order valence-electron chi connectivity index (χ3n) is 3.97. The van der Waals surface area contributed by atoms with E-state index in [-0.39, 0.29) is 0 Å². The highest BCUT2D eigenvalue weighted by Crippen LogP contribution is 2.20. The van der Waals surface area contributed by atoms with Crippen LogP contribution in [0.2, 0.25) is 0 Å². The fourth-order valence-electron chi connectivity index (χ4n) is 2.96. The molecular weight excluding hydrogens is 212 g/mol. The molecule has 0 saturated carbocycles. The molecule has 0 aliphatic carbocycles. The Hall–Kier alpha value is -0.870. The topological polar surface area (TPSA) is 33.1 Å². The van der Waals surface area contributed by atoms with E-state index in [1.165, 1.54) is 56.1 Å². The molecule has 4 heteroatoms. The minimum Gasteiger partial charge on any atom is -0.331 e. The maximum atomic E-state index is 4.74. The van der Waals surface area contributed by atoms with Crippen LogP contribution < -0.4 is 5.32 Å². The second-order valence-electron chi connectivity index (χ2n) is 5.20. The van der Waals surface area contributed by atoms with Crippen LogP contribution in [0.1, 0.15) is 30.1 Å². The van der Waals surface area contributed by atoms with Gasteiger partial charge in [-0.1, -0.05) is 0 Å². The molecule has 1 fully saturated rings. The number of nitrogens with one attached hydrogen (secondary N) is 1. The van der Waals surface area contributed by atoms with Crippen molar-refractivity contribution in [2.24, 2.45) is 0 Å². The Kier molecular flexibility index (Phi) is 3.16. The zero-order valence-corrected chi connectivity index (χ0v) is 10.7. The molecule has 1 aromatic heterocycles. The van der Waals surface area contributed by atoms with Gasteiger partial charge in [-0.15, -0.1) is 0 Å². The maximum absolute atomic E-state index is 4.74. The lowest BCUT2D eigenvalue weighted by Crippen LogP contribution is -2.43. The van der Waals surface area contributed by atoms with Gasteiger partial charge in [0.25, 0.3) is 0 Å². The molecular formula is C13H22N4. The molecule has 0 amide bonds. The first-order chi connectivity index (χ1) is 8.34. The summed E-state index contributed by atoms with van der Waals surface area (Å²) < 4.78 is 2.47. The Morgan fingerprint density at radius 1 is 1.18 bits per heavy atom. The van der Waals surface area contributed by atoms with Crippen LogP contribution in [0.5, 0.6) is 0 Å². The molecule has 2 aliphatic rings. The van der Waals surface area contributed by atoms with Crippen LogP contribution in [-0.4, -0.2) is 40.6 Å². The number of piperazine rings is 1. The van der Waals surface area contributed by atoms with E-state index in [4.69, 9.17) is 4.98 Å². The van der Waals surface area contributed by atoms with E-state index in [1.54, 1.807) is 0 Å². The van der Waals surface area contributed by atoms with Crippen LogP contribution in [0, 0.1) is 6.92 Å². The minimum absolute atomic E-state index is 1.08. The van der Waals surface area contributed by atoms with Crippen LogP contribution in [0.4, 0.5) is 0 Å². The van der Waals surface area contributed by atoms with Gasteiger partial charge in [0.05, 0.1) is 11.4 Å². The average molecular weight is 234 g/mol. The Balaban J connectivity index is 1.79. The molecule has 2 aliphatic heterocycles. The molecule has 0 unspecified atom stereocenters. The molecule has 1 aromatic rings. The number of nitrogens with zero attached hydrogens (tertiary/aromatic N) is 3. The van der Waals surface area contributed by atoms with Crippen LogP contribution in [-0.2, 0) is 19.5 Å². The van der Waals surface area contributed by atoms with Crippen LogP contribution >= 0.6 is 0 Å². The van der Waals surface area contributed by atoms with Gasteiger partial charge in [0.1, 0.15) is 5.82 Å². The second-order valence-corrected chi connectivity index (χ2v) is 5.20. The summed E-state index contributed by atoms with van der Waals surface area (Å²) in [6.45, 7) is 9.01. The average Bonchev–Trinajstić information content (AvgIpc) is 2.68. The maximum Gasteiger partial charge on any atom is 0.109 e. The van der Waals surface area contributed by atoms with E-state index >= 15 is 0 Å². The zero-order valence-electron chi connectivity index (χ0n) is 10.7. The number of fused-ring (bicyclic) bond motifs is 1. The van der Waals surface area contributed by atoms with Gasteiger partial charge in [-0.05, 0) is 19.8 Å². The van der Waals surface area contributed by atoms with Crippen molar-refractivity contribution in [2.75, 3.05) is 26.2 Å². The summed E-state index contributed by atoms with van der Waals surface area (Å²) in [6, 6.07) is 0. The molecule has 0 bridgehead atoms. The number of rotatable bonds is 2. The smallest absolute Gasteiger partial charge is 0.109 e. The van der Waals surface area contributed by atoms with E-state index in [0.717, 1.165) is 19.6 Å². The van der Waals surface area contributed by atoms with Crippen molar-refractivity contribution >= 4 is 0 Å². The van der Waals surface area contributed by atoms with Crippen LogP contribution in [0.25, 0.3) is 0 Å². The van der Waals surface area contributed by atoms with Gasteiger partial charge >= 0.3 is 0 Å². The Labute approximate surface area is 103 Å². The predicted octanol–water partition coefficient (Wildman–Crippen LogP) is 0.933. The number of hydrogen-bond donors (Lipinski definition) is 1. The Bertz CT molecular complexity index is 390. The van der Waals surface area contributed by atoms with Crippen molar-refractivity contribution in [1.82, 2.24) is 19.8 Å². The third-order valence-corrected chi connectivity index (χ3v) is 3.97. The summed E-state index contributed by atoms with van der Waals surface area (Å²) in [7, 11) is 0. The lowest BCUT2D eigenvalue weighted by Gasteiger charge is -2.28. The largest absolute Gasteiger partial charge is 0.331 e. The first kappa shape index (κ1) is 11.2. The van der Waals surface area contributed by atoms with E-state index in [9.17, 15) is 0 Å². The SMILES string of the molecule is Cc1nc2n(c1CN1CCNCC1)CCCC2. The van der Waals surface area contributed by atoms with Crippen molar-refractivity contribution in [3.8, 4) is 0 Å². The second kappa shape index (κ2) is 4.78. The van der Waals surface area contributed by atoms with Crippen molar-refractivity contribution in [3.05, 3.63) is 17.2 Å². The predicted molar refractivity (Wildman–Crippen MR) is 68.0 cm³/mol. The molecule has 94 valence electrons. The highest BCUT2D eigenvalue weighted by molar-refractivity contribution is 5.17. The molecule has 0 atom stereocenters. The summed E-state index contributed by atoms with van der Waals surface area (Å²) in [6.07, 6.45) is 3.79. The number of aryl methyl sites for hydroxylation is 2. The first-order valence-electron chi connectivity index (χ1n) is 6.82. The van der Waals surface area contributed by atoms with Gasteiger partial charge in [-0.25, -0.2) is 4.98 Å². The molecule has 0 aromatic carbocycles. The molecule has 4 nitrogen and oxygen atoms in total. The van der Waals surface area contributed by atoms with Gasteiger partial charge < -0.3 is 9.88 Å². The molecule has 0 radical (unpaired) electrons. The molecule has 1 saturated heterocycles. The number of imidazole rings is 1. The van der Waals surface area contributed by atoms with Gasteiger partial charge in [-0.3, -0.25) is 4.90 Å². The molecule has 0 spiro atoms. The van der Waals surface area contributed by atoms with E-state index in [0.29, 0.717) is 0 Å². The minimum atomic E-state index is 1.08. The Morgan fingerprint density at radius 2 is 2.00 bits per heavy atom. The van der Waals surface area contributed by atoms with Gasteiger partial charge in [-0.2, -0.15) is 0 Å². The molecule has 17 heavy (non-hydrogen) atoms. The van der Waals surface area contributed by atoms with Crippen LogP contribution in [0.3, 0.4) is 0 Å². The zero-order chi connectivity index (χ0) is 11.7. The van der Waals surface area contributed by atoms with E-state index in [1.807, 2.05) is 0 Å². The molecule has 3 rings (SSSR count). The quantitative estimate of drug-likeness (QED) is 0.826. The standard InChI is InChI=1S/C13H22N4/c1-11-12(10-16-8-5-14-6-9-16)17-7-3-2-4-13(17)15-11/h14H,2-10H2,1H3. The fraction of sp³-hybridized carbons (Fsp3) is 0.769. The first-order valence-corrected chi connectivity index (χ1v) is 6.82. The lowest BCUT2D eigenvalue weighted by molar-refractivity contribution is 0.226. The lowest BCUT2D eigenvalue weighted by atomic mass is 10.1. The van der Waals surface area contributed by atoms with Gasteiger partial charge in [0.15, 0.2) is 0 Å². The van der Waals surface area contributed by atoms with Crippen molar-refractivity contribution in [3.63, 3.8) is 0 Å². The van der Waals surface area contributed by atoms with Gasteiger partial charge in [0, 0.05) is 45.7 Å². The van der Waals surface area contributed by atoms with E-state index in [2.05, 4.69) is 21.7 Å². The third kappa shape index (κ3) is 2.24. The highest BCUT2D eigenvalue weighted by Gasteiger charge is 2.20. The molecule has 1 N–H and O–H groups in total. The van der Waals surface area contributed by atoms with Crippen LogP contribution in [0.15, 0.2) is 0 Å². The highest BCUT2D eigenvalue weighted by atomic mass is 15.2. The monoisotopic (exact) mass is 234 g/mol. The van der Waals surface area contributed by atoms with E-state index < -0.39 is 0 Å². The number of hydrogen-bond acceptors (Lipinski definition) is 3. The van der Waals surface area contributed by atoms with Gasteiger partial charge in [0.2, 0.25) is 0 Å². The molecule has 3 heterocycles. The normalized spacial score (nSPS) is 21.5. The van der Waals surface area contributed by atoms with Crippen molar-refractivity contribution in [2.45, 2.75) is 39.3 Å². The summed E-state index contributed by atoms with van der Waals surface area (Å²) in [4.78, 5) is 7.28. The number of aromatic nitrogens is 2. The van der Waals surface area contributed by atoms with Crippen molar-refractivity contribution < 1.29 is 0 Å². The summed E-state index contributed by atoms with van der Waals surface area (Å²) in [5.41, 5.74) is 2.71. The summed E-state index contributed by atoms with van der Waals surface area (Å²) >= 11 is 0. The summed E-state index contributed by atoms with van der Waals surface area (Å²) in [5.74, 6) is 1.32. The fourth-order valence-corrected chi connectivity index (χ4v) is 2.96. The Morgan fingerprint density at radius 3 is 2.82 bits per heavy atom. The summed E-state index contributed by atoms with van der Waals surface area (Å²) in [5, 5.41) is 3.41.